The number of guanidine groups is 1. The molecule has 27 heavy (non-hydrogen) atoms. The van der Waals surface area contributed by atoms with Crippen LogP contribution in [0.4, 0.5) is 4.39 Å². The molecule has 1 atom stereocenters. The van der Waals surface area contributed by atoms with E-state index in [9.17, 15) is 4.39 Å². The van der Waals surface area contributed by atoms with E-state index in [0.717, 1.165) is 36.8 Å². The van der Waals surface area contributed by atoms with Crippen LogP contribution in [0, 0.1) is 5.82 Å². The van der Waals surface area contributed by atoms with Crippen molar-refractivity contribution >= 4 is 5.96 Å². The third-order valence-corrected chi connectivity index (χ3v) is 4.43. The van der Waals surface area contributed by atoms with Crippen LogP contribution >= 0.6 is 0 Å². The summed E-state index contributed by atoms with van der Waals surface area (Å²) < 4.78 is 18.2. The molecule has 0 aromatic heterocycles. The number of nitrogens with one attached hydrogen (secondary N) is 2. The van der Waals surface area contributed by atoms with Gasteiger partial charge in [0, 0.05) is 20.1 Å². The maximum absolute atomic E-state index is 13.0. The molecule has 0 bridgehead atoms. The molecule has 0 saturated carbocycles. The first-order valence-corrected chi connectivity index (χ1v) is 9.03. The Morgan fingerprint density at radius 2 is 1.74 bits per heavy atom. The lowest BCUT2D eigenvalue weighted by molar-refractivity contribution is 0.298. The van der Waals surface area contributed by atoms with Gasteiger partial charge in [-0.1, -0.05) is 24.3 Å². The van der Waals surface area contributed by atoms with Gasteiger partial charge in [-0.25, -0.2) is 4.39 Å². The van der Waals surface area contributed by atoms with Gasteiger partial charge in [0.1, 0.15) is 11.6 Å². The molecule has 1 unspecified atom stereocenters. The molecule has 0 saturated heterocycles. The van der Waals surface area contributed by atoms with Gasteiger partial charge in [0.2, 0.25) is 0 Å². The summed E-state index contributed by atoms with van der Waals surface area (Å²) in [5.74, 6) is 1.39. The number of methoxy groups -OCH3 is 1. The Balaban J connectivity index is 1.86. The Kier molecular flexibility index (Phi) is 8.07. The Labute approximate surface area is 161 Å². The zero-order chi connectivity index (χ0) is 19.6. The molecule has 2 aromatic rings. The van der Waals surface area contributed by atoms with Gasteiger partial charge in [0.05, 0.1) is 13.2 Å². The summed E-state index contributed by atoms with van der Waals surface area (Å²) in [6.07, 6.45) is 0.802. The van der Waals surface area contributed by atoms with Crippen LogP contribution < -0.4 is 15.4 Å². The molecular formula is C21H29FN4O. The van der Waals surface area contributed by atoms with Crippen molar-refractivity contribution in [3.63, 3.8) is 0 Å². The molecule has 2 N–H and O–H groups in total. The second kappa shape index (κ2) is 10.5. The van der Waals surface area contributed by atoms with Crippen LogP contribution in [0.1, 0.15) is 17.2 Å². The second-order valence-corrected chi connectivity index (χ2v) is 6.51. The summed E-state index contributed by atoms with van der Waals surface area (Å²) in [4.78, 5) is 6.45. The number of ether oxygens (including phenoxy) is 1. The average molecular weight is 372 g/mol. The molecule has 0 amide bonds. The number of halogens is 1. The van der Waals surface area contributed by atoms with Gasteiger partial charge >= 0.3 is 0 Å². The highest BCUT2D eigenvalue weighted by atomic mass is 19.1. The molecule has 0 fully saturated rings. The Morgan fingerprint density at radius 3 is 2.30 bits per heavy atom. The maximum atomic E-state index is 13.0. The normalized spacial score (nSPS) is 12.7. The third-order valence-electron chi connectivity index (χ3n) is 4.43. The summed E-state index contributed by atoms with van der Waals surface area (Å²) in [6, 6.07) is 14.9. The van der Waals surface area contributed by atoms with Crippen molar-refractivity contribution in [2.45, 2.75) is 12.5 Å². The van der Waals surface area contributed by atoms with Crippen molar-refractivity contribution in [1.82, 2.24) is 15.5 Å². The lowest BCUT2D eigenvalue weighted by Gasteiger charge is -2.26. The zero-order valence-electron chi connectivity index (χ0n) is 16.5. The van der Waals surface area contributed by atoms with Gasteiger partial charge in [0.25, 0.3) is 0 Å². The quantitative estimate of drug-likeness (QED) is 0.553. The first-order chi connectivity index (χ1) is 13.0. The monoisotopic (exact) mass is 372 g/mol. The number of rotatable bonds is 8. The number of hydrogen-bond acceptors (Lipinski definition) is 3. The molecule has 5 nitrogen and oxygen atoms in total. The van der Waals surface area contributed by atoms with Crippen LogP contribution in [0.5, 0.6) is 5.75 Å². The summed E-state index contributed by atoms with van der Waals surface area (Å²) >= 11 is 0. The Hall–Kier alpha value is -2.60. The van der Waals surface area contributed by atoms with E-state index in [2.05, 4.69) is 46.8 Å². The highest BCUT2D eigenvalue weighted by Gasteiger charge is 2.14. The van der Waals surface area contributed by atoms with Crippen LogP contribution in [0.15, 0.2) is 53.5 Å². The Bertz CT molecular complexity index is 714. The molecule has 146 valence electrons. The average Bonchev–Trinajstić information content (AvgIpc) is 2.68. The van der Waals surface area contributed by atoms with E-state index in [4.69, 9.17) is 4.74 Å². The van der Waals surface area contributed by atoms with Crippen LogP contribution in [0.25, 0.3) is 0 Å². The van der Waals surface area contributed by atoms with Gasteiger partial charge in [0.15, 0.2) is 5.96 Å². The fourth-order valence-electron chi connectivity index (χ4n) is 2.81. The molecule has 0 aliphatic rings. The Morgan fingerprint density at radius 1 is 1.07 bits per heavy atom. The minimum absolute atomic E-state index is 0.201. The number of benzene rings is 2. The molecule has 6 heteroatoms. The van der Waals surface area contributed by atoms with Crippen molar-refractivity contribution < 1.29 is 9.13 Å². The van der Waals surface area contributed by atoms with E-state index in [-0.39, 0.29) is 11.9 Å². The largest absolute Gasteiger partial charge is 0.497 e. The fourth-order valence-corrected chi connectivity index (χ4v) is 2.81. The smallest absolute Gasteiger partial charge is 0.191 e. The van der Waals surface area contributed by atoms with E-state index in [1.165, 1.54) is 17.7 Å². The van der Waals surface area contributed by atoms with Crippen molar-refractivity contribution in [3.05, 3.63) is 65.5 Å². The summed E-state index contributed by atoms with van der Waals surface area (Å²) in [7, 11) is 7.54. The predicted molar refractivity (Wildman–Crippen MR) is 109 cm³/mol. The third kappa shape index (κ3) is 6.57. The van der Waals surface area contributed by atoms with Gasteiger partial charge in [-0.2, -0.15) is 0 Å². The van der Waals surface area contributed by atoms with E-state index < -0.39 is 0 Å². The zero-order valence-corrected chi connectivity index (χ0v) is 16.5. The van der Waals surface area contributed by atoms with Gasteiger partial charge in [-0.15, -0.1) is 0 Å². The summed E-state index contributed by atoms with van der Waals surface area (Å²) in [5, 5.41) is 6.68. The first-order valence-electron chi connectivity index (χ1n) is 9.03. The minimum Gasteiger partial charge on any atom is -0.497 e. The molecule has 0 aliphatic carbocycles. The minimum atomic E-state index is -0.211. The van der Waals surface area contributed by atoms with Crippen LogP contribution in [-0.4, -0.2) is 52.2 Å². The second-order valence-electron chi connectivity index (χ2n) is 6.51. The standard InChI is InChI=1S/C21H29FN4O/c1-23-21(24-14-13-16-5-9-18(22)10-6-16)25-15-20(26(2)3)17-7-11-19(27-4)12-8-17/h5-12,20H,13-15H2,1-4H3,(H2,23,24,25). The van der Waals surface area contributed by atoms with E-state index >= 15 is 0 Å². The fraction of sp³-hybridized carbons (Fsp3) is 0.381. The van der Waals surface area contributed by atoms with Crippen molar-refractivity contribution in [3.8, 4) is 5.75 Å². The highest BCUT2D eigenvalue weighted by molar-refractivity contribution is 5.79. The van der Waals surface area contributed by atoms with E-state index in [1.807, 2.05) is 12.1 Å². The number of likely N-dealkylation sites (N-methyl/N-ethyl adjacent to an activating group) is 1. The molecule has 2 rings (SSSR count). The molecular weight excluding hydrogens is 343 g/mol. The van der Waals surface area contributed by atoms with E-state index in [0.29, 0.717) is 0 Å². The maximum Gasteiger partial charge on any atom is 0.191 e. The molecule has 0 heterocycles. The molecule has 0 aliphatic heterocycles. The van der Waals surface area contributed by atoms with Gasteiger partial charge < -0.3 is 20.3 Å². The number of aliphatic imine (C=N–C) groups is 1. The summed E-state index contributed by atoms with van der Waals surface area (Å²) in [5.41, 5.74) is 2.29. The van der Waals surface area contributed by atoms with Gasteiger partial charge in [-0.05, 0) is 55.9 Å². The molecule has 2 aromatic carbocycles. The van der Waals surface area contributed by atoms with Crippen molar-refractivity contribution in [1.29, 1.82) is 0 Å². The summed E-state index contributed by atoms with van der Waals surface area (Å²) in [6.45, 7) is 1.44. The van der Waals surface area contributed by atoms with Crippen molar-refractivity contribution in [2.75, 3.05) is 41.3 Å². The van der Waals surface area contributed by atoms with Crippen LogP contribution in [0.3, 0.4) is 0 Å². The predicted octanol–water partition coefficient (Wildman–Crippen LogP) is 2.84. The lowest BCUT2D eigenvalue weighted by atomic mass is 10.1. The number of nitrogens with zero attached hydrogens (tertiary/aromatic N) is 2. The number of hydrogen-bond donors (Lipinski definition) is 2. The van der Waals surface area contributed by atoms with Crippen LogP contribution in [-0.2, 0) is 6.42 Å². The first kappa shape index (κ1) is 20.7. The van der Waals surface area contributed by atoms with Crippen molar-refractivity contribution in [2.24, 2.45) is 4.99 Å². The van der Waals surface area contributed by atoms with Crippen LogP contribution in [0.2, 0.25) is 0 Å². The topological polar surface area (TPSA) is 48.9 Å². The molecule has 0 radical (unpaired) electrons. The van der Waals surface area contributed by atoms with Gasteiger partial charge in [-0.3, -0.25) is 4.99 Å². The highest BCUT2D eigenvalue weighted by Crippen LogP contribution is 2.20. The van der Waals surface area contributed by atoms with E-state index in [1.54, 1.807) is 26.3 Å². The lowest BCUT2D eigenvalue weighted by Crippen LogP contribution is -2.42. The molecule has 0 spiro atoms. The SMILES string of the molecule is CN=C(NCCc1ccc(F)cc1)NCC(c1ccc(OC)cc1)N(C)C.